The Morgan fingerprint density at radius 3 is 2.83 bits per heavy atom. The third-order valence-corrected chi connectivity index (χ3v) is 2.51. The molecule has 2 rings (SSSR count). The van der Waals surface area contributed by atoms with Crippen molar-refractivity contribution in [2.75, 3.05) is 0 Å². The van der Waals surface area contributed by atoms with Gasteiger partial charge in [-0.15, -0.1) is 0 Å². The SMILES string of the molecule is CC1(C)[C]c2ccccc2CC1. The van der Waals surface area contributed by atoms with E-state index in [-0.39, 0.29) is 5.41 Å². The zero-order valence-electron chi connectivity index (χ0n) is 7.72. The molecule has 0 aliphatic heterocycles. The molecule has 1 aromatic carbocycles. The van der Waals surface area contributed by atoms with Crippen LogP contribution in [-0.4, -0.2) is 0 Å². The van der Waals surface area contributed by atoms with Gasteiger partial charge in [0.25, 0.3) is 0 Å². The molecule has 0 fully saturated rings. The maximum absolute atomic E-state index is 3.54. The van der Waals surface area contributed by atoms with Gasteiger partial charge >= 0.3 is 0 Å². The van der Waals surface area contributed by atoms with Crippen molar-refractivity contribution in [1.82, 2.24) is 0 Å². The first-order chi connectivity index (χ1) is 5.67. The number of benzene rings is 1. The first-order valence-corrected chi connectivity index (χ1v) is 4.53. The molecule has 2 radical (unpaired) electrons. The maximum atomic E-state index is 3.54. The van der Waals surface area contributed by atoms with Crippen molar-refractivity contribution in [1.29, 1.82) is 0 Å². The fourth-order valence-corrected chi connectivity index (χ4v) is 1.73. The van der Waals surface area contributed by atoms with Crippen molar-refractivity contribution in [2.24, 2.45) is 5.41 Å². The second-order valence-corrected chi connectivity index (χ2v) is 4.17. The van der Waals surface area contributed by atoms with E-state index in [1.165, 1.54) is 24.0 Å². The van der Waals surface area contributed by atoms with Crippen LogP contribution in [0, 0.1) is 11.8 Å². The number of hydrogen-bond acceptors (Lipinski definition) is 0. The molecule has 0 heterocycles. The smallest absolute Gasteiger partial charge is 0.0229 e. The maximum Gasteiger partial charge on any atom is 0.0229 e. The standard InChI is InChI=1S/C12H14/c1-12(2)8-7-10-5-3-4-6-11(10)9-12/h3-6H,7-8H2,1-2H3. The zero-order chi connectivity index (χ0) is 8.60. The molecule has 0 spiro atoms. The summed E-state index contributed by atoms with van der Waals surface area (Å²) in [5, 5.41) is 0. The van der Waals surface area contributed by atoms with Crippen LogP contribution in [0.4, 0.5) is 0 Å². The van der Waals surface area contributed by atoms with Crippen molar-refractivity contribution in [3.05, 3.63) is 41.8 Å². The molecular formula is C12H14. The molecular weight excluding hydrogens is 144 g/mol. The predicted octanol–water partition coefficient (Wildman–Crippen LogP) is 3.09. The Kier molecular flexibility index (Phi) is 1.71. The second-order valence-electron chi connectivity index (χ2n) is 4.17. The van der Waals surface area contributed by atoms with Gasteiger partial charge in [0, 0.05) is 6.42 Å². The minimum atomic E-state index is 0.272. The van der Waals surface area contributed by atoms with E-state index in [0.717, 1.165) is 0 Å². The van der Waals surface area contributed by atoms with Crippen LogP contribution in [0.5, 0.6) is 0 Å². The van der Waals surface area contributed by atoms with Gasteiger partial charge in [-0.25, -0.2) is 0 Å². The first-order valence-electron chi connectivity index (χ1n) is 4.53. The normalized spacial score (nSPS) is 20.2. The van der Waals surface area contributed by atoms with Gasteiger partial charge in [-0.3, -0.25) is 0 Å². The molecule has 0 N–H and O–H groups in total. The van der Waals surface area contributed by atoms with Gasteiger partial charge in [0.2, 0.25) is 0 Å². The number of rotatable bonds is 0. The molecule has 0 aromatic heterocycles. The summed E-state index contributed by atoms with van der Waals surface area (Å²) in [4.78, 5) is 0. The van der Waals surface area contributed by atoms with E-state index in [2.05, 4.69) is 44.5 Å². The van der Waals surface area contributed by atoms with Gasteiger partial charge in [0.1, 0.15) is 0 Å². The van der Waals surface area contributed by atoms with Crippen LogP contribution in [0.2, 0.25) is 0 Å². The van der Waals surface area contributed by atoms with Gasteiger partial charge in [0.05, 0.1) is 0 Å². The molecule has 1 aliphatic carbocycles. The summed E-state index contributed by atoms with van der Waals surface area (Å²) in [6.07, 6.45) is 5.97. The zero-order valence-corrected chi connectivity index (χ0v) is 7.72. The average Bonchev–Trinajstić information content (AvgIpc) is 2.02. The van der Waals surface area contributed by atoms with E-state index in [1.807, 2.05) is 0 Å². The van der Waals surface area contributed by atoms with Crippen LogP contribution < -0.4 is 0 Å². The van der Waals surface area contributed by atoms with Gasteiger partial charge in [-0.05, 0) is 29.4 Å². The van der Waals surface area contributed by atoms with Crippen LogP contribution >= 0.6 is 0 Å². The lowest BCUT2D eigenvalue weighted by Gasteiger charge is -2.30. The predicted molar refractivity (Wildman–Crippen MR) is 50.9 cm³/mol. The van der Waals surface area contributed by atoms with Crippen molar-refractivity contribution in [3.8, 4) is 0 Å². The lowest BCUT2D eigenvalue weighted by atomic mass is 9.74. The second kappa shape index (κ2) is 2.62. The van der Waals surface area contributed by atoms with Gasteiger partial charge in [0.15, 0.2) is 0 Å². The summed E-state index contributed by atoms with van der Waals surface area (Å²) in [6, 6.07) is 8.57. The Morgan fingerprint density at radius 2 is 2.00 bits per heavy atom. The third-order valence-electron chi connectivity index (χ3n) is 2.51. The Labute approximate surface area is 74.6 Å². The molecule has 12 heavy (non-hydrogen) atoms. The van der Waals surface area contributed by atoms with Crippen LogP contribution in [0.1, 0.15) is 31.4 Å². The lowest BCUT2D eigenvalue weighted by Crippen LogP contribution is -2.19. The highest BCUT2D eigenvalue weighted by Crippen LogP contribution is 2.35. The lowest BCUT2D eigenvalue weighted by molar-refractivity contribution is 0.393. The summed E-state index contributed by atoms with van der Waals surface area (Å²) in [7, 11) is 0. The van der Waals surface area contributed by atoms with E-state index in [4.69, 9.17) is 0 Å². The van der Waals surface area contributed by atoms with E-state index >= 15 is 0 Å². The molecule has 0 atom stereocenters. The molecule has 0 amide bonds. The molecule has 0 saturated carbocycles. The van der Waals surface area contributed by atoms with Crippen LogP contribution in [0.25, 0.3) is 0 Å². The van der Waals surface area contributed by atoms with Gasteiger partial charge < -0.3 is 0 Å². The fraction of sp³-hybridized carbons (Fsp3) is 0.417. The monoisotopic (exact) mass is 158 g/mol. The van der Waals surface area contributed by atoms with Crippen molar-refractivity contribution in [3.63, 3.8) is 0 Å². The number of hydrogen-bond donors (Lipinski definition) is 0. The summed E-state index contributed by atoms with van der Waals surface area (Å²) in [5.74, 6) is 0. The Hall–Kier alpha value is -0.780. The van der Waals surface area contributed by atoms with Crippen LogP contribution in [0.3, 0.4) is 0 Å². The molecule has 1 aliphatic rings. The summed E-state index contributed by atoms with van der Waals surface area (Å²) in [5.41, 5.74) is 3.04. The van der Waals surface area contributed by atoms with Crippen LogP contribution in [-0.2, 0) is 6.42 Å². The highest BCUT2D eigenvalue weighted by molar-refractivity contribution is 5.37. The molecule has 62 valence electrons. The topological polar surface area (TPSA) is 0 Å². The van der Waals surface area contributed by atoms with Gasteiger partial charge in [-0.1, -0.05) is 38.1 Å². The molecule has 0 saturated heterocycles. The highest BCUT2D eigenvalue weighted by atomic mass is 14.3. The van der Waals surface area contributed by atoms with E-state index < -0.39 is 0 Å². The van der Waals surface area contributed by atoms with E-state index in [0.29, 0.717) is 0 Å². The van der Waals surface area contributed by atoms with E-state index in [1.54, 1.807) is 0 Å². The first kappa shape index (κ1) is 7.85. The van der Waals surface area contributed by atoms with Gasteiger partial charge in [-0.2, -0.15) is 0 Å². The van der Waals surface area contributed by atoms with Crippen molar-refractivity contribution < 1.29 is 0 Å². The largest absolute Gasteiger partial charge is 0.0620 e. The number of aryl methyl sites for hydroxylation is 1. The summed E-state index contributed by atoms with van der Waals surface area (Å²) in [6.45, 7) is 4.51. The molecule has 1 aromatic rings. The average molecular weight is 158 g/mol. The molecule has 0 bridgehead atoms. The summed E-state index contributed by atoms with van der Waals surface area (Å²) >= 11 is 0. The minimum Gasteiger partial charge on any atom is -0.0620 e. The third kappa shape index (κ3) is 1.38. The minimum absolute atomic E-state index is 0.272. The van der Waals surface area contributed by atoms with Crippen molar-refractivity contribution in [2.45, 2.75) is 26.7 Å². The number of fused-ring (bicyclic) bond motifs is 1. The van der Waals surface area contributed by atoms with Crippen LogP contribution in [0.15, 0.2) is 24.3 Å². The van der Waals surface area contributed by atoms with E-state index in [9.17, 15) is 0 Å². The van der Waals surface area contributed by atoms with Crippen molar-refractivity contribution >= 4 is 0 Å². The Bertz CT molecular complexity index is 284. The Balaban J connectivity index is 2.35. The quantitative estimate of drug-likeness (QED) is 0.544. The Morgan fingerprint density at radius 1 is 1.25 bits per heavy atom. The molecule has 0 unspecified atom stereocenters. The molecule has 0 heteroatoms. The fourth-order valence-electron chi connectivity index (χ4n) is 1.73. The highest BCUT2D eigenvalue weighted by Gasteiger charge is 2.25. The molecule has 0 nitrogen and oxygen atoms in total. The summed E-state index contributed by atoms with van der Waals surface area (Å²) < 4.78 is 0.